The van der Waals surface area contributed by atoms with Crippen molar-refractivity contribution in [1.29, 1.82) is 0 Å². The molecule has 2 nitrogen and oxygen atoms in total. The molecule has 1 heterocycles. The Morgan fingerprint density at radius 1 is 1.31 bits per heavy atom. The standard InChI is InChI=1S/C13H15ClN2/c1-2-3-7-15-13-6-8-16-12-5-4-10(14)9-11(12)13/h4-6,8-9H,2-3,7H2,1H3,(H,15,16). The molecule has 0 aliphatic heterocycles. The fourth-order valence-corrected chi connectivity index (χ4v) is 1.84. The van der Waals surface area contributed by atoms with Crippen molar-refractivity contribution >= 4 is 28.2 Å². The molecule has 0 radical (unpaired) electrons. The molecule has 1 aromatic carbocycles. The number of hydrogen-bond acceptors (Lipinski definition) is 2. The molecule has 1 aromatic heterocycles. The molecule has 0 fully saturated rings. The van der Waals surface area contributed by atoms with Gasteiger partial charge >= 0.3 is 0 Å². The van der Waals surface area contributed by atoms with Gasteiger partial charge in [-0.05, 0) is 30.7 Å². The van der Waals surface area contributed by atoms with Crippen LogP contribution in [0.5, 0.6) is 0 Å². The van der Waals surface area contributed by atoms with Crippen LogP contribution in [-0.2, 0) is 0 Å². The first kappa shape index (κ1) is 11.2. The number of pyridine rings is 1. The molecule has 0 saturated carbocycles. The maximum Gasteiger partial charge on any atom is 0.0723 e. The predicted octanol–water partition coefficient (Wildman–Crippen LogP) is 4.10. The average molecular weight is 235 g/mol. The number of hydrogen-bond donors (Lipinski definition) is 1. The summed E-state index contributed by atoms with van der Waals surface area (Å²) in [4.78, 5) is 4.31. The second-order valence-electron chi connectivity index (χ2n) is 3.80. The number of aromatic nitrogens is 1. The number of halogens is 1. The minimum absolute atomic E-state index is 0.749. The van der Waals surface area contributed by atoms with E-state index in [4.69, 9.17) is 11.6 Å². The highest BCUT2D eigenvalue weighted by molar-refractivity contribution is 6.31. The summed E-state index contributed by atoms with van der Waals surface area (Å²) in [6.07, 6.45) is 4.19. The third-order valence-corrected chi connectivity index (χ3v) is 2.78. The fourth-order valence-electron chi connectivity index (χ4n) is 1.67. The van der Waals surface area contributed by atoms with Crippen LogP contribution in [0.2, 0.25) is 5.02 Å². The third-order valence-electron chi connectivity index (χ3n) is 2.55. The van der Waals surface area contributed by atoms with E-state index in [-0.39, 0.29) is 0 Å². The Bertz CT molecular complexity index is 482. The van der Waals surface area contributed by atoms with Crippen LogP contribution in [-0.4, -0.2) is 11.5 Å². The summed E-state index contributed by atoms with van der Waals surface area (Å²) in [5, 5.41) is 5.26. The van der Waals surface area contributed by atoms with Crippen LogP contribution < -0.4 is 5.32 Å². The molecule has 0 bridgehead atoms. The molecule has 0 saturated heterocycles. The molecule has 0 amide bonds. The lowest BCUT2D eigenvalue weighted by Crippen LogP contribution is -2.01. The van der Waals surface area contributed by atoms with Gasteiger partial charge in [0.1, 0.15) is 0 Å². The number of rotatable bonds is 4. The summed E-state index contributed by atoms with van der Waals surface area (Å²) in [5.74, 6) is 0. The maximum atomic E-state index is 6.00. The molecule has 2 aromatic rings. The Balaban J connectivity index is 2.32. The van der Waals surface area contributed by atoms with E-state index in [1.807, 2.05) is 30.5 Å². The summed E-state index contributed by atoms with van der Waals surface area (Å²) in [7, 11) is 0. The van der Waals surface area contributed by atoms with Gasteiger partial charge in [-0.1, -0.05) is 24.9 Å². The van der Waals surface area contributed by atoms with E-state index in [0.29, 0.717) is 0 Å². The van der Waals surface area contributed by atoms with Crippen molar-refractivity contribution in [1.82, 2.24) is 4.98 Å². The van der Waals surface area contributed by atoms with Gasteiger partial charge in [-0.25, -0.2) is 0 Å². The van der Waals surface area contributed by atoms with Crippen LogP contribution >= 0.6 is 11.6 Å². The molecule has 0 aliphatic rings. The third kappa shape index (κ3) is 2.45. The predicted molar refractivity (Wildman–Crippen MR) is 70.2 cm³/mol. The van der Waals surface area contributed by atoms with Gasteiger partial charge in [-0.3, -0.25) is 4.98 Å². The zero-order valence-electron chi connectivity index (χ0n) is 9.33. The lowest BCUT2D eigenvalue weighted by Gasteiger charge is -2.08. The Morgan fingerprint density at radius 3 is 3.00 bits per heavy atom. The summed E-state index contributed by atoms with van der Waals surface area (Å²) >= 11 is 6.00. The van der Waals surface area contributed by atoms with Crippen LogP contribution in [0.4, 0.5) is 5.69 Å². The molecule has 0 aliphatic carbocycles. The highest BCUT2D eigenvalue weighted by atomic mass is 35.5. The van der Waals surface area contributed by atoms with E-state index in [2.05, 4.69) is 17.2 Å². The molecule has 0 spiro atoms. The van der Waals surface area contributed by atoms with Crippen LogP contribution in [0.25, 0.3) is 10.9 Å². The van der Waals surface area contributed by atoms with E-state index >= 15 is 0 Å². The Labute approximate surface area is 101 Å². The largest absolute Gasteiger partial charge is 0.384 e. The van der Waals surface area contributed by atoms with Crippen LogP contribution in [0.1, 0.15) is 19.8 Å². The van der Waals surface area contributed by atoms with Crippen molar-refractivity contribution in [2.75, 3.05) is 11.9 Å². The number of nitrogens with one attached hydrogen (secondary N) is 1. The molecule has 1 N–H and O–H groups in total. The number of fused-ring (bicyclic) bond motifs is 1. The van der Waals surface area contributed by atoms with E-state index in [1.165, 1.54) is 12.8 Å². The monoisotopic (exact) mass is 234 g/mol. The zero-order chi connectivity index (χ0) is 11.4. The second-order valence-corrected chi connectivity index (χ2v) is 4.24. The van der Waals surface area contributed by atoms with E-state index < -0.39 is 0 Å². The number of nitrogens with zero attached hydrogens (tertiary/aromatic N) is 1. The Kier molecular flexibility index (Phi) is 3.62. The van der Waals surface area contributed by atoms with Gasteiger partial charge in [0.25, 0.3) is 0 Å². The first-order valence-corrected chi connectivity index (χ1v) is 5.97. The molecule has 84 valence electrons. The molecule has 0 atom stereocenters. The highest BCUT2D eigenvalue weighted by Gasteiger charge is 2.01. The van der Waals surface area contributed by atoms with E-state index in [9.17, 15) is 0 Å². The Hall–Kier alpha value is -1.28. The molecular weight excluding hydrogens is 220 g/mol. The number of anilines is 1. The van der Waals surface area contributed by atoms with Crippen molar-refractivity contribution in [3.05, 3.63) is 35.5 Å². The quantitative estimate of drug-likeness (QED) is 0.806. The van der Waals surface area contributed by atoms with Crippen LogP contribution in [0.3, 0.4) is 0 Å². The summed E-state index contributed by atoms with van der Waals surface area (Å²) < 4.78 is 0. The van der Waals surface area contributed by atoms with Crippen molar-refractivity contribution in [3.63, 3.8) is 0 Å². The molecular formula is C13H15ClN2. The summed E-state index contributed by atoms with van der Waals surface area (Å²) in [6.45, 7) is 3.17. The maximum absolute atomic E-state index is 6.00. The lowest BCUT2D eigenvalue weighted by atomic mass is 10.2. The minimum atomic E-state index is 0.749. The highest BCUT2D eigenvalue weighted by Crippen LogP contribution is 2.24. The first-order chi connectivity index (χ1) is 7.81. The zero-order valence-corrected chi connectivity index (χ0v) is 10.1. The molecule has 2 rings (SSSR count). The number of unbranched alkanes of at least 4 members (excludes halogenated alkanes) is 1. The van der Waals surface area contributed by atoms with Crippen molar-refractivity contribution in [3.8, 4) is 0 Å². The van der Waals surface area contributed by atoms with Gasteiger partial charge in [0.05, 0.1) is 5.52 Å². The number of benzene rings is 1. The molecule has 3 heteroatoms. The smallest absolute Gasteiger partial charge is 0.0723 e. The second kappa shape index (κ2) is 5.17. The van der Waals surface area contributed by atoms with Gasteiger partial charge in [0, 0.05) is 28.8 Å². The van der Waals surface area contributed by atoms with Gasteiger partial charge in [-0.2, -0.15) is 0 Å². The minimum Gasteiger partial charge on any atom is -0.384 e. The van der Waals surface area contributed by atoms with Crippen LogP contribution in [0.15, 0.2) is 30.5 Å². The van der Waals surface area contributed by atoms with Gasteiger partial charge in [-0.15, -0.1) is 0 Å². The van der Waals surface area contributed by atoms with Crippen molar-refractivity contribution < 1.29 is 0 Å². The SMILES string of the molecule is CCCCNc1ccnc2ccc(Cl)cc12. The van der Waals surface area contributed by atoms with Crippen molar-refractivity contribution in [2.45, 2.75) is 19.8 Å². The van der Waals surface area contributed by atoms with E-state index in [1.54, 1.807) is 0 Å². The lowest BCUT2D eigenvalue weighted by molar-refractivity contribution is 0.835. The van der Waals surface area contributed by atoms with Crippen LogP contribution in [0, 0.1) is 0 Å². The van der Waals surface area contributed by atoms with Gasteiger partial charge in [0.2, 0.25) is 0 Å². The van der Waals surface area contributed by atoms with Gasteiger partial charge in [0.15, 0.2) is 0 Å². The summed E-state index contributed by atoms with van der Waals surface area (Å²) in [6, 6.07) is 7.77. The summed E-state index contributed by atoms with van der Waals surface area (Å²) in [5.41, 5.74) is 2.09. The molecule has 0 unspecified atom stereocenters. The topological polar surface area (TPSA) is 24.9 Å². The Morgan fingerprint density at radius 2 is 2.19 bits per heavy atom. The normalized spacial score (nSPS) is 10.6. The fraction of sp³-hybridized carbons (Fsp3) is 0.308. The first-order valence-electron chi connectivity index (χ1n) is 5.59. The van der Waals surface area contributed by atoms with E-state index in [0.717, 1.165) is 28.2 Å². The molecule has 16 heavy (non-hydrogen) atoms. The van der Waals surface area contributed by atoms with Gasteiger partial charge < -0.3 is 5.32 Å². The average Bonchev–Trinajstić information content (AvgIpc) is 2.30. The van der Waals surface area contributed by atoms with Crippen molar-refractivity contribution in [2.24, 2.45) is 0 Å².